The van der Waals surface area contributed by atoms with Gasteiger partial charge in [-0.3, -0.25) is 9.59 Å². The van der Waals surface area contributed by atoms with E-state index in [0.717, 1.165) is 21.2 Å². The minimum absolute atomic E-state index is 0.156. The zero-order chi connectivity index (χ0) is 16.8. The van der Waals surface area contributed by atoms with E-state index in [0.29, 0.717) is 5.69 Å². The van der Waals surface area contributed by atoms with Crippen molar-refractivity contribution in [2.45, 2.75) is 20.3 Å². The smallest absolute Gasteiger partial charge is 0.310 e. The van der Waals surface area contributed by atoms with E-state index in [-0.39, 0.29) is 18.9 Å². The van der Waals surface area contributed by atoms with Crippen LogP contribution in [0.5, 0.6) is 0 Å². The van der Waals surface area contributed by atoms with Crippen molar-refractivity contribution in [1.82, 2.24) is 0 Å². The van der Waals surface area contributed by atoms with E-state index in [2.05, 4.69) is 21.2 Å². The molecular formula is C18H18BrNO3. The molecule has 2 aromatic carbocycles. The second-order valence-electron chi connectivity index (χ2n) is 5.36. The number of esters is 1. The molecule has 0 fully saturated rings. The second-order valence-corrected chi connectivity index (χ2v) is 6.21. The van der Waals surface area contributed by atoms with Crippen LogP contribution in [0.3, 0.4) is 0 Å². The number of hydrogen-bond acceptors (Lipinski definition) is 3. The van der Waals surface area contributed by atoms with Crippen LogP contribution in [-0.2, 0) is 20.7 Å². The molecule has 0 spiro atoms. The third-order valence-electron chi connectivity index (χ3n) is 3.19. The van der Waals surface area contributed by atoms with E-state index in [1.165, 1.54) is 0 Å². The maximum Gasteiger partial charge on any atom is 0.310 e. The number of amides is 1. The summed E-state index contributed by atoms with van der Waals surface area (Å²) in [6, 6.07) is 13.2. The van der Waals surface area contributed by atoms with Crippen LogP contribution < -0.4 is 5.32 Å². The summed E-state index contributed by atoms with van der Waals surface area (Å²) in [5.41, 5.74) is 3.68. The van der Waals surface area contributed by atoms with Crippen LogP contribution in [0.25, 0.3) is 0 Å². The molecule has 1 N–H and O–H groups in total. The number of anilines is 1. The van der Waals surface area contributed by atoms with Crippen LogP contribution in [0.1, 0.15) is 16.7 Å². The molecule has 0 bridgehead atoms. The molecule has 120 valence electrons. The van der Waals surface area contributed by atoms with Gasteiger partial charge in [-0.25, -0.2) is 0 Å². The average Bonchev–Trinajstić information content (AvgIpc) is 2.48. The fourth-order valence-electron chi connectivity index (χ4n) is 2.09. The fourth-order valence-corrected chi connectivity index (χ4v) is 2.69. The summed E-state index contributed by atoms with van der Waals surface area (Å²) in [4.78, 5) is 23.6. The molecule has 0 heterocycles. The highest BCUT2D eigenvalue weighted by atomic mass is 79.9. The van der Waals surface area contributed by atoms with Crippen LogP contribution >= 0.6 is 15.9 Å². The van der Waals surface area contributed by atoms with Gasteiger partial charge in [-0.15, -0.1) is 0 Å². The Morgan fingerprint density at radius 3 is 2.52 bits per heavy atom. The summed E-state index contributed by atoms with van der Waals surface area (Å²) in [5, 5.41) is 2.70. The van der Waals surface area contributed by atoms with Crippen LogP contribution in [0.15, 0.2) is 46.9 Å². The first-order chi connectivity index (χ1) is 10.9. The molecule has 0 aliphatic rings. The van der Waals surface area contributed by atoms with Crippen molar-refractivity contribution in [3.63, 3.8) is 0 Å². The van der Waals surface area contributed by atoms with E-state index in [1.807, 2.05) is 50.2 Å². The van der Waals surface area contributed by atoms with Crippen molar-refractivity contribution in [2.75, 3.05) is 11.9 Å². The summed E-state index contributed by atoms with van der Waals surface area (Å²) < 4.78 is 5.81. The first kappa shape index (κ1) is 17.2. The topological polar surface area (TPSA) is 55.4 Å². The number of carbonyl (C=O) groups excluding carboxylic acids is 2. The molecule has 0 aliphatic carbocycles. The van der Waals surface area contributed by atoms with E-state index >= 15 is 0 Å². The molecule has 0 radical (unpaired) electrons. The highest BCUT2D eigenvalue weighted by Crippen LogP contribution is 2.23. The SMILES string of the molecule is Cc1cccc(CC(=O)OCC(=O)Nc2ccc(C)cc2Br)c1. The third kappa shape index (κ3) is 5.53. The summed E-state index contributed by atoms with van der Waals surface area (Å²) in [7, 11) is 0. The lowest BCUT2D eigenvalue weighted by molar-refractivity contribution is -0.146. The molecule has 0 atom stereocenters. The van der Waals surface area contributed by atoms with Crippen molar-refractivity contribution in [3.8, 4) is 0 Å². The third-order valence-corrected chi connectivity index (χ3v) is 3.85. The van der Waals surface area contributed by atoms with Gasteiger partial charge in [0.2, 0.25) is 0 Å². The van der Waals surface area contributed by atoms with E-state index in [9.17, 15) is 9.59 Å². The van der Waals surface area contributed by atoms with E-state index < -0.39 is 5.97 Å². The van der Waals surface area contributed by atoms with Gasteiger partial charge in [-0.2, -0.15) is 0 Å². The van der Waals surface area contributed by atoms with Gasteiger partial charge in [0.1, 0.15) is 0 Å². The van der Waals surface area contributed by atoms with E-state index in [4.69, 9.17) is 4.74 Å². The quantitative estimate of drug-likeness (QED) is 0.808. The molecule has 0 saturated carbocycles. The average molecular weight is 376 g/mol. The van der Waals surface area contributed by atoms with Crippen molar-refractivity contribution in [1.29, 1.82) is 0 Å². The van der Waals surface area contributed by atoms with Crippen LogP contribution in [0.2, 0.25) is 0 Å². The summed E-state index contributed by atoms with van der Waals surface area (Å²) >= 11 is 3.38. The number of hydrogen-bond donors (Lipinski definition) is 1. The lowest BCUT2D eigenvalue weighted by Crippen LogP contribution is -2.21. The largest absolute Gasteiger partial charge is 0.455 e. The van der Waals surface area contributed by atoms with Crippen LogP contribution in [0, 0.1) is 13.8 Å². The normalized spacial score (nSPS) is 10.2. The Bertz CT molecular complexity index is 728. The predicted octanol–water partition coefficient (Wildman–Crippen LogP) is 3.79. The highest BCUT2D eigenvalue weighted by Gasteiger charge is 2.10. The first-order valence-electron chi connectivity index (χ1n) is 7.21. The van der Waals surface area contributed by atoms with Gasteiger partial charge in [0.05, 0.1) is 12.1 Å². The van der Waals surface area contributed by atoms with Gasteiger partial charge >= 0.3 is 5.97 Å². The first-order valence-corrected chi connectivity index (χ1v) is 8.00. The number of halogens is 1. The van der Waals surface area contributed by atoms with Crippen molar-refractivity contribution in [2.24, 2.45) is 0 Å². The number of nitrogens with one attached hydrogen (secondary N) is 1. The van der Waals surface area contributed by atoms with Gasteiger partial charge in [0.25, 0.3) is 5.91 Å². The number of benzene rings is 2. The maximum absolute atomic E-state index is 11.9. The molecule has 2 aromatic rings. The van der Waals surface area contributed by atoms with Gasteiger partial charge in [-0.05, 0) is 53.0 Å². The molecule has 23 heavy (non-hydrogen) atoms. The van der Waals surface area contributed by atoms with Crippen LogP contribution in [0.4, 0.5) is 5.69 Å². The highest BCUT2D eigenvalue weighted by molar-refractivity contribution is 9.10. The van der Waals surface area contributed by atoms with Crippen molar-refractivity contribution >= 4 is 33.5 Å². The lowest BCUT2D eigenvalue weighted by atomic mass is 10.1. The second kappa shape index (κ2) is 7.92. The summed E-state index contributed by atoms with van der Waals surface area (Å²) in [5.74, 6) is -0.791. The number of ether oxygens (including phenoxy) is 1. The monoisotopic (exact) mass is 375 g/mol. The summed E-state index contributed by atoms with van der Waals surface area (Å²) in [6.45, 7) is 3.62. The maximum atomic E-state index is 11.9. The Balaban J connectivity index is 1.83. The Kier molecular flexibility index (Phi) is 5.93. The number of carbonyl (C=O) groups is 2. The van der Waals surface area contributed by atoms with Gasteiger partial charge in [0.15, 0.2) is 6.61 Å². The van der Waals surface area contributed by atoms with Crippen molar-refractivity contribution in [3.05, 3.63) is 63.6 Å². The molecule has 0 saturated heterocycles. The standard InChI is InChI=1S/C18H18BrNO3/c1-12-4-3-5-14(8-12)10-18(22)23-11-17(21)20-16-7-6-13(2)9-15(16)19/h3-9H,10-11H2,1-2H3,(H,20,21). The minimum Gasteiger partial charge on any atom is -0.455 e. The fraction of sp³-hybridized carbons (Fsp3) is 0.222. The molecule has 0 aliphatic heterocycles. The Morgan fingerprint density at radius 2 is 1.83 bits per heavy atom. The van der Waals surface area contributed by atoms with Gasteiger partial charge < -0.3 is 10.1 Å². The predicted molar refractivity (Wildman–Crippen MR) is 93.4 cm³/mol. The summed E-state index contributed by atoms with van der Waals surface area (Å²) in [6.07, 6.45) is 0.156. The molecule has 2 rings (SSSR count). The molecule has 0 unspecified atom stereocenters. The van der Waals surface area contributed by atoms with Gasteiger partial charge in [0, 0.05) is 4.47 Å². The Hall–Kier alpha value is -2.14. The number of rotatable bonds is 5. The molecule has 1 amide bonds. The minimum atomic E-state index is -0.422. The molecular weight excluding hydrogens is 358 g/mol. The number of aryl methyl sites for hydroxylation is 2. The van der Waals surface area contributed by atoms with Crippen molar-refractivity contribution < 1.29 is 14.3 Å². The lowest BCUT2D eigenvalue weighted by Gasteiger charge is -2.09. The molecule has 4 nitrogen and oxygen atoms in total. The Labute approximate surface area is 144 Å². The Morgan fingerprint density at radius 1 is 1.09 bits per heavy atom. The van der Waals surface area contributed by atoms with Gasteiger partial charge in [-0.1, -0.05) is 35.9 Å². The van der Waals surface area contributed by atoms with Crippen LogP contribution in [-0.4, -0.2) is 18.5 Å². The van der Waals surface area contributed by atoms with E-state index in [1.54, 1.807) is 6.07 Å². The molecule has 5 heteroatoms. The zero-order valence-electron chi connectivity index (χ0n) is 13.1. The molecule has 0 aromatic heterocycles. The zero-order valence-corrected chi connectivity index (χ0v) is 14.6.